The molecule has 12 aromatic carbocycles. The number of aromatic nitrogens is 2. The van der Waals surface area contributed by atoms with E-state index in [1.54, 1.807) is 0 Å². The Bertz CT molecular complexity index is 5460. The standard InChI is InChI=1S/2C36H21NOS/c1-2-11-25(12-3-1)37-31-16-7-6-13-28(31)36-34(37)29-15-8-14-26(35(29)38-36)24-17-18-27-30-19-22-9-4-5-10-23(22)20-33(30)39-32(27)21-24;1-2-10-26(11-3-1)37-31-13-7-6-12-28(31)36-35(37)29-17-15-24(19-32(29)38-36)25-14-16-27-30-18-22-8-4-5-9-23(22)20-34(30)39-33(27)21-25/h2*1-21H. The molecule has 0 saturated carbocycles. The van der Waals surface area contributed by atoms with Crippen molar-refractivity contribution in [2.24, 2.45) is 0 Å². The fourth-order valence-corrected chi connectivity index (χ4v) is 14.7. The van der Waals surface area contributed by atoms with Crippen molar-refractivity contribution in [2.45, 2.75) is 0 Å². The Balaban J connectivity index is 0.000000126. The molecular formula is C72H42N2O2S2. The third-order valence-electron chi connectivity index (χ3n) is 15.9. The monoisotopic (exact) mass is 1030 g/mol. The minimum Gasteiger partial charge on any atom is -0.454 e. The van der Waals surface area contributed by atoms with E-state index in [4.69, 9.17) is 8.83 Å². The second-order valence-electron chi connectivity index (χ2n) is 20.3. The maximum atomic E-state index is 6.76. The molecule has 0 N–H and O–H groups in total. The number of fused-ring (bicyclic) bond motifs is 18. The molecule has 6 heterocycles. The molecule has 0 bridgehead atoms. The van der Waals surface area contributed by atoms with Gasteiger partial charge in [0.25, 0.3) is 0 Å². The number of benzene rings is 12. The van der Waals surface area contributed by atoms with Gasteiger partial charge in [-0.1, -0.05) is 152 Å². The first-order valence-electron chi connectivity index (χ1n) is 26.4. The average Bonchev–Trinajstić information content (AvgIpc) is 4.46. The number of furan rings is 2. The van der Waals surface area contributed by atoms with Crippen molar-refractivity contribution in [3.63, 3.8) is 0 Å². The molecule has 4 nitrogen and oxygen atoms in total. The number of hydrogen-bond donors (Lipinski definition) is 0. The summed E-state index contributed by atoms with van der Waals surface area (Å²) in [5, 5.41) is 15.0. The van der Waals surface area contributed by atoms with E-state index in [9.17, 15) is 0 Å². The first kappa shape index (κ1) is 43.5. The van der Waals surface area contributed by atoms with Gasteiger partial charge in [0, 0.05) is 78.8 Å². The summed E-state index contributed by atoms with van der Waals surface area (Å²) in [7, 11) is 0. The molecule has 0 aliphatic carbocycles. The minimum absolute atomic E-state index is 0.913. The number of para-hydroxylation sites is 5. The topological polar surface area (TPSA) is 36.1 Å². The van der Waals surface area contributed by atoms with Gasteiger partial charge in [0.1, 0.15) is 22.2 Å². The van der Waals surface area contributed by atoms with E-state index in [1.807, 2.05) is 22.7 Å². The summed E-state index contributed by atoms with van der Waals surface area (Å²) in [5.41, 5.74) is 15.2. The van der Waals surface area contributed by atoms with Gasteiger partial charge >= 0.3 is 0 Å². The van der Waals surface area contributed by atoms with Crippen molar-refractivity contribution in [2.75, 3.05) is 0 Å². The fraction of sp³-hybridized carbons (Fsp3) is 0. The fourth-order valence-electron chi connectivity index (χ4n) is 12.3. The van der Waals surface area contributed by atoms with Crippen LogP contribution in [-0.2, 0) is 0 Å². The first-order chi connectivity index (χ1) is 38.6. The summed E-state index contributed by atoms with van der Waals surface area (Å²) in [4.78, 5) is 0. The zero-order valence-electron chi connectivity index (χ0n) is 41.8. The van der Waals surface area contributed by atoms with Crippen molar-refractivity contribution >= 4 is 151 Å². The van der Waals surface area contributed by atoms with Crippen LogP contribution in [0, 0.1) is 0 Å². The molecule has 0 saturated heterocycles. The zero-order chi connectivity index (χ0) is 51.0. The second kappa shape index (κ2) is 16.9. The molecule has 0 atom stereocenters. The Morgan fingerprint density at radius 3 is 1.29 bits per heavy atom. The lowest BCUT2D eigenvalue weighted by atomic mass is 10.0. The van der Waals surface area contributed by atoms with E-state index in [2.05, 4.69) is 264 Å². The number of rotatable bonds is 4. The summed E-state index contributed by atoms with van der Waals surface area (Å²) in [6, 6.07) is 91.5. The van der Waals surface area contributed by atoms with Crippen molar-refractivity contribution in [1.29, 1.82) is 0 Å². The normalized spacial score (nSPS) is 12.1. The highest BCUT2D eigenvalue weighted by Gasteiger charge is 2.23. The molecule has 0 radical (unpaired) electrons. The average molecular weight is 1030 g/mol. The molecule has 0 aliphatic heterocycles. The summed E-state index contributed by atoms with van der Waals surface area (Å²) in [6.07, 6.45) is 0. The molecule has 0 aliphatic rings. The van der Waals surface area contributed by atoms with Crippen LogP contribution < -0.4 is 0 Å². The third-order valence-corrected chi connectivity index (χ3v) is 18.2. The van der Waals surface area contributed by atoms with Gasteiger partial charge in [-0.05, 0) is 141 Å². The zero-order valence-corrected chi connectivity index (χ0v) is 43.4. The maximum Gasteiger partial charge on any atom is 0.161 e. The van der Waals surface area contributed by atoms with Crippen molar-refractivity contribution in [1.82, 2.24) is 9.13 Å². The highest BCUT2D eigenvalue weighted by molar-refractivity contribution is 7.26. The molecule has 0 unspecified atom stereocenters. The summed E-state index contributed by atoms with van der Waals surface area (Å²) in [6.45, 7) is 0. The number of thiophene rings is 2. The van der Waals surface area contributed by atoms with E-state index >= 15 is 0 Å². The molecule has 18 rings (SSSR count). The predicted octanol–water partition coefficient (Wildman–Crippen LogP) is 21.4. The van der Waals surface area contributed by atoms with Crippen LogP contribution >= 0.6 is 22.7 Å². The van der Waals surface area contributed by atoms with Gasteiger partial charge in [-0.15, -0.1) is 22.7 Å². The van der Waals surface area contributed by atoms with E-state index in [0.717, 1.165) is 82.9 Å². The quantitative estimate of drug-likeness (QED) is 0.176. The van der Waals surface area contributed by atoms with Gasteiger partial charge in [0.15, 0.2) is 11.2 Å². The Morgan fingerprint density at radius 2 is 0.705 bits per heavy atom. The molecular weight excluding hydrogens is 989 g/mol. The molecule has 0 amide bonds. The third kappa shape index (κ3) is 6.57. The lowest BCUT2D eigenvalue weighted by Crippen LogP contribution is -1.92. The summed E-state index contributed by atoms with van der Waals surface area (Å²) < 4.78 is 23.3. The lowest BCUT2D eigenvalue weighted by molar-refractivity contribution is 0.673. The highest BCUT2D eigenvalue weighted by Crippen LogP contribution is 2.46. The predicted molar refractivity (Wildman–Crippen MR) is 333 cm³/mol. The van der Waals surface area contributed by atoms with Gasteiger partial charge in [-0.2, -0.15) is 0 Å². The van der Waals surface area contributed by atoms with Gasteiger partial charge in [-0.3, -0.25) is 0 Å². The van der Waals surface area contributed by atoms with E-state index in [0.29, 0.717) is 0 Å². The van der Waals surface area contributed by atoms with Crippen LogP contribution in [0.3, 0.4) is 0 Å². The molecule has 364 valence electrons. The largest absolute Gasteiger partial charge is 0.454 e. The molecule has 6 aromatic heterocycles. The van der Waals surface area contributed by atoms with Crippen LogP contribution in [0.4, 0.5) is 0 Å². The van der Waals surface area contributed by atoms with Gasteiger partial charge in [-0.25, -0.2) is 0 Å². The van der Waals surface area contributed by atoms with Crippen LogP contribution in [-0.4, -0.2) is 9.13 Å². The number of hydrogen-bond acceptors (Lipinski definition) is 4. The second-order valence-corrected chi connectivity index (χ2v) is 22.5. The van der Waals surface area contributed by atoms with Crippen LogP contribution in [0.15, 0.2) is 264 Å². The van der Waals surface area contributed by atoms with E-state index in [1.165, 1.54) is 78.6 Å². The van der Waals surface area contributed by atoms with Gasteiger partial charge < -0.3 is 18.0 Å². The molecule has 6 heteroatoms. The van der Waals surface area contributed by atoms with Gasteiger partial charge in [0.05, 0.1) is 11.0 Å². The van der Waals surface area contributed by atoms with Crippen LogP contribution in [0.1, 0.15) is 0 Å². The lowest BCUT2D eigenvalue weighted by Gasteiger charge is -2.08. The molecule has 18 aromatic rings. The first-order valence-corrected chi connectivity index (χ1v) is 28.0. The molecule has 78 heavy (non-hydrogen) atoms. The smallest absolute Gasteiger partial charge is 0.161 e. The summed E-state index contributed by atoms with van der Waals surface area (Å²) >= 11 is 3.73. The maximum absolute atomic E-state index is 6.76. The molecule has 0 spiro atoms. The van der Waals surface area contributed by atoms with Crippen LogP contribution in [0.5, 0.6) is 0 Å². The highest BCUT2D eigenvalue weighted by atomic mass is 32.1. The Hall–Kier alpha value is -9.72. The van der Waals surface area contributed by atoms with Crippen molar-refractivity contribution in [3.8, 4) is 33.6 Å². The Morgan fingerprint density at radius 1 is 0.269 bits per heavy atom. The van der Waals surface area contributed by atoms with Crippen molar-refractivity contribution in [3.05, 3.63) is 255 Å². The van der Waals surface area contributed by atoms with Crippen LogP contribution in [0.25, 0.3) is 161 Å². The minimum atomic E-state index is 0.913. The SMILES string of the molecule is c1ccc(-n2c3ccccc3c3oc4c(-c5ccc6c(c5)sc5cc7ccccc7cc56)cccc4c32)cc1.c1ccc(-n2c3ccccc3c3oc4cc(-c5ccc6c(c5)sc5cc7ccccc7cc56)ccc4c32)cc1. The summed E-state index contributed by atoms with van der Waals surface area (Å²) in [5.74, 6) is 0. The Kier molecular flexibility index (Phi) is 9.42. The van der Waals surface area contributed by atoms with E-state index < -0.39 is 0 Å². The Labute approximate surface area is 454 Å². The molecule has 0 fully saturated rings. The number of nitrogens with zero attached hydrogens (tertiary/aromatic N) is 2. The van der Waals surface area contributed by atoms with E-state index in [-0.39, 0.29) is 0 Å². The van der Waals surface area contributed by atoms with Crippen molar-refractivity contribution < 1.29 is 8.83 Å². The van der Waals surface area contributed by atoms with Crippen LogP contribution in [0.2, 0.25) is 0 Å². The van der Waals surface area contributed by atoms with Gasteiger partial charge in [0.2, 0.25) is 0 Å².